The first-order chi connectivity index (χ1) is 13.7. The lowest BCUT2D eigenvalue weighted by Gasteiger charge is -2.24. The molecule has 0 aliphatic rings. The summed E-state index contributed by atoms with van der Waals surface area (Å²) in [7, 11) is -0.0242. The number of guanidine groups is 1. The van der Waals surface area contributed by atoms with E-state index in [-0.39, 0.29) is 17.8 Å². The van der Waals surface area contributed by atoms with Gasteiger partial charge < -0.3 is 31.3 Å². The van der Waals surface area contributed by atoms with Gasteiger partial charge in [0, 0.05) is 20.0 Å². The van der Waals surface area contributed by atoms with Gasteiger partial charge >= 0.3 is 7.12 Å². The second-order valence-corrected chi connectivity index (χ2v) is 7.78. The minimum absolute atomic E-state index is 0.172. The highest BCUT2D eigenvalue weighted by atomic mass is 16.4. The summed E-state index contributed by atoms with van der Waals surface area (Å²) < 4.78 is 0. The van der Waals surface area contributed by atoms with Gasteiger partial charge in [0.2, 0.25) is 11.8 Å². The summed E-state index contributed by atoms with van der Waals surface area (Å²) in [6.45, 7) is 6.44. The molecule has 0 aromatic heterocycles. The highest BCUT2D eigenvalue weighted by molar-refractivity contribution is 6.43. The topological polar surface area (TPSA) is 147 Å². The van der Waals surface area contributed by atoms with Crippen LogP contribution in [0.15, 0.2) is 0 Å². The van der Waals surface area contributed by atoms with Crippen LogP contribution in [0, 0.1) is 11.3 Å². The molecule has 0 saturated heterocycles. The Morgan fingerprint density at radius 3 is 2.31 bits per heavy atom. The van der Waals surface area contributed by atoms with E-state index in [4.69, 9.17) is 5.41 Å². The Labute approximate surface area is 175 Å². The SMILES string of the molecule is CCCCCCC(=O)N[C@@H](CCCNC(=N)NC)C(=O)N[C@@H](CC(C)C)B(O)O. The minimum Gasteiger partial charge on any atom is -0.426 e. The molecule has 2 amide bonds. The van der Waals surface area contributed by atoms with Crippen LogP contribution < -0.4 is 21.3 Å². The van der Waals surface area contributed by atoms with Gasteiger partial charge in [-0.1, -0.05) is 40.0 Å². The lowest BCUT2D eigenvalue weighted by Crippen LogP contribution is -2.54. The fourth-order valence-electron chi connectivity index (χ4n) is 2.90. The van der Waals surface area contributed by atoms with Crippen LogP contribution >= 0.6 is 0 Å². The van der Waals surface area contributed by atoms with Gasteiger partial charge in [0.25, 0.3) is 0 Å². The van der Waals surface area contributed by atoms with Crippen molar-refractivity contribution in [2.45, 2.75) is 84.1 Å². The summed E-state index contributed by atoms with van der Waals surface area (Å²) in [4.78, 5) is 25.0. The van der Waals surface area contributed by atoms with Crippen molar-refractivity contribution in [3.05, 3.63) is 0 Å². The third-order valence-corrected chi connectivity index (χ3v) is 4.54. The molecule has 0 aromatic carbocycles. The van der Waals surface area contributed by atoms with E-state index in [1.165, 1.54) is 0 Å². The van der Waals surface area contributed by atoms with Gasteiger partial charge in [-0.3, -0.25) is 15.0 Å². The maximum Gasteiger partial charge on any atom is 0.475 e. The van der Waals surface area contributed by atoms with E-state index in [1.807, 2.05) is 13.8 Å². The molecule has 9 nitrogen and oxygen atoms in total. The molecule has 0 fully saturated rings. The molecule has 7 N–H and O–H groups in total. The van der Waals surface area contributed by atoms with Gasteiger partial charge in [-0.25, -0.2) is 0 Å². The Bertz CT molecular complexity index is 491. The van der Waals surface area contributed by atoms with E-state index in [0.717, 1.165) is 25.7 Å². The molecular weight excluding hydrogens is 373 g/mol. The van der Waals surface area contributed by atoms with Crippen molar-refractivity contribution < 1.29 is 19.6 Å². The normalized spacial score (nSPS) is 12.8. The lowest BCUT2D eigenvalue weighted by molar-refractivity contribution is -0.129. The summed E-state index contributed by atoms with van der Waals surface area (Å²) >= 11 is 0. The third-order valence-electron chi connectivity index (χ3n) is 4.54. The first-order valence-corrected chi connectivity index (χ1v) is 10.7. The molecule has 0 aromatic rings. The van der Waals surface area contributed by atoms with Crippen molar-refractivity contribution in [2.75, 3.05) is 13.6 Å². The van der Waals surface area contributed by atoms with Crippen LogP contribution in [0.2, 0.25) is 0 Å². The van der Waals surface area contributed by atoms with E-state index < -0.39 is 25.0 Å². The second kappa shape index (κ2) is 16.0. The predicted octanol–water partition coefficient (Wildman–Crippen LogP) is 0.508. The number of carbonyl (C=O) groups excluding carboxylic acids is 2. The van der Waals surface area contributed by atoms with Crippen molar-refractivity contribution in [1.82, 2.24) is 21.3 Å². The van der Waals surface area contributed by atoms with Crippen LogP contribution in [0.1, 0.15) is 72.1 Å². The molecule has 0 aliphatic heterocycles. The number of unbranched alkanes of at least 4 members (excludes halogenated alkanes) is 3. The van der Waals surface area contributed by atoms with Crippen LogP contribution in [0.3, 0.4) is 0 Å². The standard InChI is InChI=1S/C19H40BN5O4/c1-5-6-7-8-11-17(26)24-15(10-9-12-23-19(21)22-4)18(27)25-16(20(28)29)13-14(2)3/h14-16,28-29H,5-13H2,1-4H3,(H,24,26)(H,25,27)(H3,21,22,23)/t15-,16-/m0/s1. The van der Waals surface area contributed by atoms with Crippen LogP contribution in [-0.2, 0) is 9.59 Å². The molecule has 0 heterocycles. The molecule has 0 bridgehead atoms. The Hall–Kier alpha value is -1.81. The average Bonchev–Trinajstić information content (AvgIpc) is 2.66. The third kappa shape index (κ3) is 13.9. The number of amides is 2. The van der Waals surface area contributed by atoms with Crippen molar-refractivity contribution in [2.24, 2.45) is 5.92 Å². The number of hydrogen-bond acceptors (Lipinski definition) is 5. The van der Waals surface area contributed by atoms with Crippen LogP contribution in [0.5, 0.6) is 0 Å². The summed E-state index contributed by atoms with van der Waals surface area (Å²) in [5, 5.41) is 37.6. The molecule has 0 aliphatic carbocycles. The first kappa shape index (κ1) is 27.2. The lowest BCUT2D eigenvalue weighted by atomic mass is 9.75. The Kier molecular flexibility index (Phi) is 15.0. The predicted molar refractivity (Wildman–Crippen MR) is 116 cm³/mol. The Balaban J connectivity index is 4.82. The van der Waals surface area contributed by atoms with Crippen molar-refractivity contribution in [1.29, 1.82) is 5.41 Å². The maximum absolute atomic E-state index is 12.7. The van der Waals surface area contributed by atoms with Crippen molar-refractivity contribution >= 4 is 24.9 Å². The summed E-state index contributed by atoms with van der Waals surface area (Å²) in [5.41, 5.74) is 0. The molecule has 0 rings (SSSR count). The number of rotatable bonds is 15. The van der Waals surface area contributed by atoms with Crippen LogP contribution in [0.4, 0.5) is 0 Å². The van der Waals surface area contributed by atoms with Crippen molar-refractivity contribution in [3.63, 3.8) is 0 Å². The molecular formula is C19H40BN5O4. The zero-order chi connectivity index (χ0) is 22.2. The number of hydrogen-bond donors (Lipinski definition) is 7. The molecule has 0 saturated carbocycles. The molecule has 2 atom stereocenters. The largest absolute Gasteiger partial charge is 0.475 e. The van der Waals surface area contributed by atoms with Gasteiger partial charge in [0.1, 0.15) is 6.04 Å². The summed E-state index contributed by atoms with van der Waals surface area (Å²) in [6.07, 6.45) is 5.64. The van der Waals surface area contributed by atoms with Gasteiger partial charge in [-0.15, -0.1) is 0 Å². The highest BCUT2D eigenvalue weighted by Gasteiger charge is 2.29. The maximum atomic E-state index is 12.7. The van der Waals surface area contributed by atoms with Gasteiger partial charge in [-0.05, 0) is 31.6 Å². The van der Waals surface area contributed by atoms with E-state index in [0.29, 0.717) is 32.2 Å². The van der Waals surface area contributed by atoms with Crippen LogP contribution in [0.25, 0.3) is 0 Å². The van der Waals surface area contributed by atoms with E-state index in [9.17, 15) is 19.6 Å². The number of nitrogens with one attached hydrogen (secondary N) is 5. The summed E-state index contributed by atoms with van der Waals surface area (Å²) in [5.74, 6) is -1.03. The minimum atomic E-state index is -1.66. The molecule has 29 heavy (non-hydrogen) atoms. The van der Waals surface area contributed by atoms with Gasteiger partial charge in [0.15, 0.2) is 5.96 Å². The Morgan fingerprint density at radius 1 is 1.07 bits per heavy atom. The summed E-state index contributed by atoms with van der Waals surface area (Å²) in [6, 6.07) is -0.757. The monoisotopic (exact) mass is 413 g/mol. The van der Waals surface area contributed by atoms with Gasteiger partial charge in [-0.2, -0.15) is 0 Å². The Morgan fingerprint density at radius 2 is 1.76 bits per heavy atom. The second-order valence-electron chi connectivity index (χ2n) is 7.78. The average molecular weight is 413 g/mol. The van der Waals surface area contributed by atoms with Gasteiger partial charge in [0.05, 0.1) is 5.94 Å². The van der Waals surface area contributed by atoms with Crippen molar-refractivity contribution in [3.8, 4) is 0 Å². The number of carbonyl (C=O) groups is 2. The molecule has 0 spiro atoms. The zero-order valence-electron chi connectivity index (χ0n) is 18.4. The van der Waals surface area contributed by atoms with Crippen LogP contribution in [-0.4, -0.2) is 60.5 Å². The van der Waals surface area contributed by atoms with E-state index in [1.54, 1.807) is 7.05 Å². The molecule has 168 valence electrons. The molecule has 10 heteroatoms. The first-order valence-electron chi connectivity index (χ1n) is 10.7. The fraction of sp³-hybridized carbons (Fsp3) is 0.842. The quantitative estimate of drug-likeness (QED) is 0.0901. The fourth-order valence-corrected chi connectivity index (χ4v) is 2.90. The van der Waals surface area contributed by atoms with E-state index >= 15 is 0 Å². The molecule has 0 unspecified atom stereocenters. The highest BCUT2D eigenvalue weighted by Crippen LogP contribution is 2.08. The zero-order valence-corrected chi connectivity index (χ0v) is 18.4. The smallest absolute Gasteiger partial charge is 0.426 e. The molecule has 0 radical (unpaired) electrons. The van der Waals surface area contributed by atoms with E-state index in [2.05, 4.69) is 28.2 Å².